The van der Waals surface area contributed by atoms with Crippen LogP contribution in [0.2, 0.25) is 0 Å². The van der Waals surface area contributed by atoms with E-state index in [2.05, 4.69) is 5.32 Å². The Morgan fingerprint density at radius 2 is 1.71 bits per heavy atom. The lowest BCUT2D eigenvalue weighted by Gasteiger charge is -2.27. The van der Waals surface area contributed by atoms with E-state index in [4.69, 9.17) is 13.9 Å². The molecule has 0 radical (unpaired) electrons. The number of furan rings is 1. The molecule has 9 heteroatoms. The van der Waals surface area contributed by atoms with E-state index in [1.165, 1.54) is 31.3 Å². The summed E-state index contributed by atoms with van der Waals surface area (Å²) in [4.78, 5) is 29.4. The second-order valence-corrected chi connectivity index (χ2v) is 7.93. The zero-order chi connectivity index (χ0) is 25.2. The van der Waals surface area contributed by atoms with Crippen LogP contribution in [-0.4, -0.2) is 55.7 Å². The molecule has 3 rings (SSSR count). The average molecular weight is 484 g/mol. The summed E-state index contributed by atoms with van der Waals surface area (Å²) < 4.78 is 29.5. The summed E-state index contributed by atoms with van der Waals surface area (Å²) >= 11 is 0. The summed E-state index contributed by atoms with van der Waals surface area (Å²) in [7, 11) is 3.04. The number of carbonyl (C=O) groups excluding carboxylic acids is 2. The van der Waals surface area contributed by atoms with Crippen LogP contribution in [0, 0.1) is 12.7 Å². The number of urea groups is 1. The van der Waals surface area contributed by atoms with Crippen molar-refractivity contribution in [3.8, 4) is 5.75 Å². The van der Waals surface area contributed by atoms with Crippen LogP contribution in [-0.2, 0) is 22.6 Å². The number of hydrogen-bond donors (Lipinski definition) is 1. The third-order valence-electron chi connectivity index (χ3n) is 5.31. The van der Waals surface area contributed by atoms with Gasteiger partial charge in [-0.3, -0.25) is 4.79 Å². The fourth-order valence-electron chi connectivity index (χ4n) is 3.46. The number of amides is 3. The Kier molecular flexibility index (Phi) is 9.25. The Hall–Kier alpha value is -3.85. The lowest BCUT2D eigenvalue weighted by atomic mass is 10.2. The Morgan fingerprint density at radius 3 is 2.37 bits per heavy atom. The van der Waals surface area contributed by atoms with Crippen LogP contribution in [0.3, 0.4) is 0 Å². The van der Waals surface area contributed by atoms with Crippen LogP contribution in [0.25, 0.3) is 0 Å². The molecule has 0 bridgehead atoms. The van der Waals surface area contributed by atoms with E-state index in [9.17, 15) is 14.0 Å². The van der Waals surface area contributed by atoms with Crippen molar-refractivity contribution in [1.82, 2.24) is 9.80 Å². The van der Waals surface area contributed by atoms with Gasteiger partial charge in [-0.2, -0.15) is 0 Å². The molecule has 186 valence electrons. The van der Waals surface area contributed by atoms with Gasteiger partial charge in [0.1, 0.15) is 29.6 Å². The molecule has 0 saturated heterocycles. The Labute approximate surface area is 204 Å². The van der Waals surface area contributed by atoms with Crippen molar-refractivity contribution in [2.45, 2.75) is 20.0 Å². The van der Waals surface area contributed by atoms with Crippen LogP contribution in [0.4, 0.5) is 14.9 Å². The first kappa shape index (κ1) is 25.8. The van der Waals surface area contributed by atoms with E-state index in [1.807, 2.05) is 13.0 Å². The smallest absolute Gasteiger partial charge is 0.322 e. The Bertz CT molecular complexity index is 1120. The first-order valence-corrected chi connectivity index (χ1v) is 11.1. The van der Waals surface area contributed by atoms with Crippen LogP contribution >= 0.6 is 0 Å². The lowest BCUT2D eigenvalue weighted by molar-refractivity contribution is -0.133. The van der Waals surface area contributed by atoms with E-state index in [0.29, 0.717) is 17.2 Å². The molecule has 35 heavy (non-hydrogen) atoms. The fraction of sp³-hybridized carbons (Fsp3) is 0.308. The van der Waals surface area contributed by atoms with Gasteiger partial charge in [-0.25, -0.2) is 9.18 Å². The quantitative estimate of drug-likeness (QED) is 0.436. The summed E-state index contributed by atoms with van der Waals surface area (Å²) in [6.45, 7) is 2.52. The van der Waals surface area contributed by atoms with E-state index >= 15 is 0 Å². The normalized spacial score (nSPS) is 10.6. The van der Waals surface area contributed by atoms with Crippen molar-refractivity contribution >= 4 is 17.6 Å². The summed E-state index contributed by atoms with van der Waals surface area (Å²) in [6.07, 6.45) is 0. The summed E-state index contributed by atoms with van der Waals surface area (Å²) in [5, 5.41) is 2.80. The van der Waals surface area contributed by atoms with Gasteiger partial charge in [-0.15, -0.1) is 0 Å². The van der Waals surface area contributed by atoms with Gasteiger partial charge in [-0.05, 0) is 48.9 Å². The highest BCUT2D eigenvalue weighted by atomic mass is 19.1. The van der Waals surface area contributed by atoms with Gasteiger partial charge >= 0.3 is 6.03 Å². The number of rotatable bonds is 11. The third-order valence-corrected chi connectivity index (χ3v) is 5.31. The molecule has 3 amide bonds. The molecule has 2 aromatic carbocycles. The number of anilines is 1. The van der Waals surface area contributed by atoms with Crippen LogP contribution < -0.4 is 10.1 Å². The van der Waals surface area contributed by atoms with E-state index < -0.39 is 6.03 Å². The number of methoxy groups -OCH3 is 2. The highest BCUT2D eigenvalue weighted by molar-refractivity contribution is 5.93. The van der Waals surface area contributed by atoms with Crippen LogP contribution in [0.5, 0.6) is 5.75 Å². The van der Waals surface area contributed by atoms with Gasteiger partial charge in [0.15, 0.2) is 0 Å². The van der Waals surface area contributed by atoms with Gasteiger partial charge in [-0.1, -0.05) is 24.3 Å². The number of para-hydroxylation sites is 2. The van der Waals surface area contributed by atoms with Gasteiger partial charge < -0.3 is 29.0 Å². The minimum absolute atomic E-state index is 0.189. The van der Waals surface area contributed by atoms with Gasteiger partial charge in [0, 0.05) is 20.2 Å². The van der Waals surface area contributed by atoms with Crippen molar-refractivity contribution < 1.29 is 27.9 Å². The number of hydrogen-bond acceptors (Lipinski definition) is 5. The third kappa shape index (κ3) is 7.58. The summed E-state index contributed by atoms with van der Waals surface area (Å²) in [6, 6.07) is 16.1. The van der Waals surface area contributed by atoms with E-state index in [1.54, 1.807) is 47.4 Å². The number of benzene rings is 2. The minimum Gasteiger partial charge on any atom is -0.495 e. The SMILES string of the molecule is COCCN(CC(=O)N(Cc1ccc(F)cc1)Cc1ccc(C)o1)C(=O)Nc1ccccc1OC. The van der Waals surface area contributed by atoms with Crippen molar-refractivity contribution in [1.29, 1.82) is 0 Å². The second kappa shape index (κ2) is 12.6. The molecule has 0 fully saturated rings. The average Bonchev–Trinajstić information content (AvgIpc) is 3.27. The molecule has 0 unspecified atom stereocenters. The molecule has 0 aliphatic heterocycles. The summed E-state index contributed by atoms with van der Waals surface area (Å²) in [5.41, 5.74) is 1.24. The monoisotopic (exact) mass is 483 g/mol. The minimum atomic E-state index is -0.463. The molecule has 0 aliphatic carbocycles. The molecule has 1 aromatic heterocycles. The number of aryl methyl sites for hydroxylation is 1. The van der Waals surface area contributed by atoms with Crippen molar-refractivity contribution in [2.75, 3.05) is 39.2 Å². The molecular weight excluding hydrogens is 453 g/mol. The number of ether oxygens (including phenoxy) is 2. The molecule has 1 heterocycles. The second-order valence-electron chi connectivity index (χ2n) is 7.93. The highest BCUT2D eigenvalue weighted by Gasteiger charge is 2.23. The number of nitrogens with one attached hydrogen (secondary N) is 1. The molecule has 3 aromatic rings. The van der Waals surface area contributed by atoms with E-state index in [0.717, 1.165) is 11.3 Å². The number of carbonyl (C=O) groups is 2. The highest BCUT2D eigenvalue weighted by Crippen LogP contribution is 2.23. The fourth-order valence-corrected chi connectivity index (χ4v) is 3.46. The van der Waals surface area contributed by atoms with Crippen molar-refractivity contribution in [3.63, 3.8) is 0 Å². The van der Waals surface area contributed by atoms with Crippen molar-refractivity contribution in [2.24, 2.45) is 0 Å². The Balaban J connectivity index is 1.78. The molecule has 0 aliphatic rings. The standard InChI is InChI=1S/C26H30FN3O5/c1-19-8-13-22(35-19)17-30(16-20-9-11-21(27)12-10-20)25(31)18-29(14-15-33-2)26(32)28-23-6-4-5-7-24(23)34-3/h4-13H,14-18H2,1-3H3,(H,28,32). The summed E-state index contributed by atoms with van der Waals surface area (Å²) in [5.74, 6) is 1.19. The van der Waals surface area contributed by atoms with E-state index in [-0.39, 0.29) is 44.5 Å². The zero-order valence-electron chi connectivity index (χ0n) is 20.1. The predicted molar refractivity (Wildman–Crippen MR) is 130 cm³/mol. The number of nitrogens with zero attached hydrogens (tertiary/aromatic N) is 2. The largest absolute Gasteiger partial charge is 0.495 e. The molecule has 0 spiro atoms. The molecule has 1 N–H and O–H groups in total. The maximum absolute atomic E-state index is 13.4. The zero-order valence-corrected chi connectivity index (χ0v) is 20.1. The van der Waals surface area contributed by atoms with Crippen LogP contribution in [0.15, 0.2) is 65.1 Å². The molecule has 0 atom stereocenters. The van der Waals surface area contributed by atoms with Crippen LogP contribution in [0.1, 0.15) is 17.1 Å². The van der Waals surface area contributed by atoms with Gasteiger partial charge in [0.2, 0.25) is 5.91 Å². The van der Waals surface area contributed by atoms with Gasteiger partial charge in [0.05, 0.1) is 25.9 Å². The first-order chi connectivity index (χ1) is 16.9. The lowest BCUT2D eigenvalue weighted by Crippen LogP contribution is -2.45. The maximum atomic E-state index is 13.4. The number of halogens is 1. The maximum Gasteiger partial charge on any atom is 0.322 e. The van der Waals surface area contributed by atoms with Gasteiger partial charge in [0.25, 0.3) is 0 Å². The molecule has 0 saturated carbocycles. The Morgan fingerprint density at radius 1 is 0.971 bits per heavy atom. The first-order valence-electron chi connectivity index (χ1n) is 11.1. The topological polar surface area (TPSA) is 84.2 Å². The van der Waals surface area contributed by atoms with Crippen molar-refractivity contribution in [3.05, 3.63) is 83.6 Å². The molecular formula is C26H30FN3O5. The molecule has 8 nitrogen and oxygen atoms in total. The predicted octanol–water partition coefficient (Wildman–Crippen LogP) is 4.45.